The number of hydrogen-bond donors (Lipinski definition) is 1. The molecule has 0 bridgehead atoms. The molecular weight excluding hydrogens is 340 g/mol. The molecule has 0 spiro atoms. The molecule has 2 aromatic rings. The summed E-state index contributed by atoms with van der Waals surface area (Å²) in [6.45, 7) is 5.37. The van der Waals surface area contributed by atoms with E-state index < -0.39 is 0 Å². The van der Waals surface area contributed by atoms with Gasteiger partial charge < -0.3 is 10.1 Å². The SMILES string of the molecule is CCCNc1nc(-c2nc(C)cs2)nc(COC)c1Br. The Bertz CT molecular complexity index is 588. The Morgan fingerprint density at radius 1 is 1.35 bits per heavy atom. The molecule has 0 aromatic carbocycles. The molecule has 0 aliphatic carbocycles. The summed E-state index contributed by atoms with van der Waals surface area (Å²) in [7, 11) is 1.65. The van der Waals surface area contributed by atoms with E-state index in [2.05, 4.69) is 43.1 Å². The van der Waals surface area contributed by atoms with Crippen molar-refractivity contribution in [1.29, 1.82) is 0 Å². The number of rotatable bonds is 6. The molecule has 2 heterocycles. The van der Waals surface area contributed by atoms with Crippen LogP contribution in [0.4, 0.5) is 5.82 Å². The lowest BCUT2D eigenvalue weighted by atomic mass is 10.3. The van der Waals surface area contributed by atoms with Crippen LogP contribution in [0.3, 0.4) is 0 Å². The van der Waals surface area contributed by atoms with E-state index >= 15 is 0 Å². The number of halogens is 1. The van der Waals surface area contributed by atoms with Gasteiger partial charge in [-0.2, -0.15) is 0 Å². The molecule has 5 nitrogen and oxygen atoms in total. The van der Waals surface area contributed by atoms with Crippen molar-refractivity contribution in [2.24, 2.45) is 0 Å². The second-order valence-corrected chi connectivity index (χ2v) is 5.96. The summed E-state index contributed by atoms with van der Waals surface area (Å²) in [6, 6.07) is 0. The highest BCUT2D eigenvalue weighted by Crippen LogP contribution is 2.29. The molecule has 2 aromatic heterocycles. The minimum atomic E-state index is 0.432. The van der Waals surface area contributed by atoms with Crippen molar-refractivity contribution >= 4 is 33.1 Å². The molecule has 0 saturated carbocycles. The van der Waals surface area contributed by atoms with Crippen molar-refractivity contribution in [3.05, 3.63) is 21.2 Å². The van der Waals surface area contributed by atoms with Gasteiger partial charge in [-0.3, -0.25) is 0 Å². The quantitative estimate of drug-likeness (QED) is 0.855. The van der Waals surface area contributed by atoms with Gasteiger partial charge in [0.2, 0.25) is 0 Å². The number of nitrogens with zero attached hydrogens (tertiary/aromatic N) is 3. The molecule has 7 heteroatoms. The molecule has 0 atom stereocenters. The van der Waals surface area contributed by atoms with Gasteiger partial charge in [-0.15, -0.1) is 11.3 Å². The predicted molar refractivity (Wildman–Crippen MR) is 85.1 cm³/mol. The average Bonchev–Trinajstić information content (AvgIpc) is 2.86. The molecule has 2 rings (SSSR count). The number of thiazole rings is 1. The molecule has 0 aliphatic rings. The van der Waals surface area contributed by atoms with Crippen LogP contribution < -0.4 is 5.32 Å². The summed E-state index contributed by atoms with van der Waals surface area (Å²) in [6.07, 6.45) is 1.03. The highest BCUT2D eigenvalue weighted by molar-refractivity contribution is 9.10. The lowest BCUT2D eigenvalue weighted by molar-refractivity contribution is 0.181. The fraction of sp³-hybridized carbons (Fsp3) is 0.462. The van der Waals surface area contributed by atoms with Crippen LogP contribution in [0.25, 0.3) is 10.8 Å². The van der Waals surface area contributed by atoms with Gasteiger partial charge in [0.15, 0.2) is 10.8 Å². The summed E-state index contributed by atoms with van der Waals surface area (Å²) in [5.74, 6) is 1.42. The maximum atomic E-state index is 5.20. The fourth-order valence-electron chi connectivity index (χ4n) is 1.64. The number of ether oxygens (including phenoxy) is 1. The van der Waals surface area contributed by atoms with Crippen molar-refractivity contribution in [2.45, 2.75) is 26.9 Å². The Morgan fingerprint density at radius 2 is 2.15 bits per heavy atom. The smallest absolute Gasteiger partial charge is 0.191 e. The number of hydrogen-bond acceptors (Lipinski definition) is 6. The van der Waals surface area contributed by atoms with E-state index in [1.54, 1.807) is 18.4 Å². The van der Waals surface area contributed by atoms with Crippen molar-refractivity contribution in [1.82, 2.24) is 15.0 Å². The third-order valence-electron chi connectivity index (χ3n) is 2.55. The van der Waals surface area contributed by atoms with Crippen molar-refractivity contribution in [2.75, 3.05) is 19.0 Å². The molecule has 0 unspecified atom stereocenters. The van der Waals surface area contributed by atoms with Crippen LogP contribution in [0.5, 0.6) is 0 Å². The number of aromatic nitrogens is 3. The molecule has 1 N–H and O–H groups in total. The summed E-state index contributed by atoms with van der Waals surface area (Å²) in [5, 5.41) is 6.12. The third-order valence-corrected chi connectivity index (χ3v) is 4.34. The van der Waals surface area contributed by atoms with Gasteiger partial charge in [-0.1, -0.05) is 6.92 Å². The first-order valence-corrected chi connectivity index (χ1v) is 8.04. The van der Waals surface area contributed by atoms with E-state index in [0.29, 0.717) is 12.4 Å². The molecule has 0 radical (unpaired) electrons. The van der Waals surface area contributed by atoms with Gasteiger partial charge in [0.1, 0.15) is 5.82 Å². The minimum absolute atomic E-state index is 0.432. The summed E-state index contributed by atoms with van der Waals surface area (Å²) in [4.78, 5) is 13.5. The predicted octanol–water partition coefficient (Wildman–Crippen LogP) is 3.64. The van der Waals surface area contributed by atoms with Crippen molar-refractivity contribution < 1.29 is 4.74 Å². The first kappa shape index (κ1) is 15.3. The van der Waals surface area contributed by atoms with Gasteiger partial charge in [0.05, 0.1) is 16.8 Å². The number of anilines is 1. The van der Waals surface area contributed by atoms with Crippen LogP contribution in [0.1, 0.15) is 24.7 Å². The van der Waals surface area contributed by atoms with Crippen LogP contribution in [-0.2, 0) is 11.3 Å². The molecule has 20 heavy (non-hydrogen) atoms. The first-order chi connectivity index (χ1) is 9.65. The van der Waals surface area contributed by atoms with Gasteiger partial charge in [-0.25, -0.2) is 15.0 Å². The average molecular weight is 357 g/mol. The van der Waals surface area contributed by atoms with E-state index in [4.69, 9.17) is 4.74 Å². The topological polar surface area (TPSA) is 59.9 Å². The van der Waals surface area contributed by atoms with Gasteiger partial charge in [0, 0.05) is 24.7 Å². The first-order valence-electron chi connectivity index (χ1n) is 6.37. The van der Waals surface area contributed by atoms with Crippen LogP contribution in [0.15, 0.2) is 9.85 Å². The van der Waals surface area contributed by atoms with Crippen LogP contribution in [0, 0.1) is 6.92 Å². The Hall–Kier alpha value is -1.05. The van der Waals surface area contributed by atoms with Gasteiger partial charge >= 0.3 is 0 Å². The molecule has 0 saturated heterocycles. The second-order valence-electron chi connectivity index (χ2n) is 4.31. The zero-order chi connectivity index (χ0) is 14.5. The maximum absolute atomic E-state index is 5.20. The fourth-order valence-corrected chi connectivity index (χ4v) is 2.80. The summed E-state index contributed by atoms with van der Waals surface area (Å²) < 4.78 is 6.05. The molecule has 0 aliphatic heterocycles. The zero-order valence-electron chi connectivity index (χ0n) is 11.7. The van der Waals surface area contributed by atoms with Crippen molar-refractivity contribution in [3.63, 3.8) is 0 Å². The number of aryl methyl sites for hydroxylation is 1. The number of methoxy groups -OCH3 is 1. The van der Waals surface area contributed by atoms with Gasteiger partial charge in [-0.05, 0) is 29.3 Å². The summed E-state index contributed by atoms with van der Waals surface area (Å²) in [5.41, 5.74) is 1.80. The van der Waals surface area contributed by atoms with Crippen LogP contribution >= 0.6 is 27.3 Å². The van der Waals surface area contributed by atoms with Gasteiger partial charge in [0.25, 0.3) is 0 Å². The molecule has 0 amide bonds. The van der Waals surface area contributed by atoms with E-state index in [0.717, 1.165) is 39.7 Å². The molecule has 0 fully saturated rings. The summed E-state index contributed by atoms with van der Waals surface area (Å²) >= 11 is 5.09. The second kappa shape index (κ2) is 7.10. The van der Waals surface area contributed by atoms with Crippen LogP contribution in [0.2, 0.25) is 0 Å². The Labute approximate surface area is 131 Å². The number of nitrogens with one attached hydrogen (secondary N) is 1. The zero-order valence-corrected chi connectivity index (χ0v) is 14.1. The normalized spacial score (nSPS) is 10.8. The highest BCUT2D eigenvalue weighted by Gasteiger charge is 2.15. The van der Waals surface area contributed by atoms with Crippen molar-refractivity contribution in [3.8, 4) is 10.8 Å². The molecular formula is C13H17BrN4OS. The van der Waals surface area contributed by atoms with E-state index in [9.17, 15) is 0 Å². The Morgan fingerprint density at radius 3 is 2.75 bits per heavy atom. The Kier molecular flexibility index (Phi) is 5.45. The van der Waals surface area contributed by atoms with E-state index in [1.165, 1.54) is 0 Å². The third kappa shape index (κ3) is 3.53. The lowest BCUT2D eigenvalue weighted by Gasteiger charge is -2.11. The minimum Gasteiger partial charge on any atom is -0.378 e. The van der Waals surface area contributed by atoms with Crippen LogP contribution in [-0.4, -0.2) is 28.6 Å². The Balaban J connectivity index is 2.43. The largest absolute Gasteiger partial charge is 0.378 e. The van der Waals surface area contributed by atoms with E-state index in [1.807, 2.05) is 12.3 Å². The highest BCUT2D eigenvalue weighted by atomic mass is 79.9. The molecule has 108 valence electrons. The maximum Gasteiger partial charge on any atom is 0.191 e. The monoisotopic (exact) mass is 356 g/mol. The standard InChI is InChI=1S/C13H17BrN4OS/c1-4-5-15-11-10(14)9(6-19-3)17-12(18-11)13-16-8(2)7-20-13/h7H,4-6H2,1-3H3,(H,15,17,18). The van der Waals surface area contributed by atoms with E-state index in [-0.39, 0.29) is 0 Å². The lowest BCUT2D eigenvalue weighted by Crippen LogP contribution is -2.08.